The minimum Gasteiger partial charge on any atom is -0.493 e. The Hall–Kier alpha value is -1.51. The van der Waals surface area contributed by atoms with Crippen LogP contribution < -0.4 is 4.74 Å². The molecule has 1 rings (SSSR count). The molecule has 0 aliphatic carbocycles. The van der Waals surface area contributed by atoms with Gasteiger partial charge in [-0.1, -0.05) is 31.9 Å². The van der Waals surface area contributed by atoms with Crippen LogP contribution in [-0.4, -0.2) is 18.2 Å². The van der Waals surface area contributed by atoms with Gasteiger partial charge in [0, 0.05) is 0 Å². The average Bonchev–Trinajstić information content (AvgIpc) is 2.31. The average molecular weight is 238 g/mol. The first-order valence-corrected chi connectivity index (χ1v) is 5.94. The molecule has 3 heteroatoms. The number of benzene rings is 1. The fourth-order valence-corrected chi connectivity index (χ4v) is 1.41. The fourth-order valence-electron chi connectivity index (χ4n) is 1.41. The Labute approximate surface area is 103 Å². The zero-order chi connectivity index (χ0) is 13.1. The highest BCUT2D eigenvalue weighted by atomic mass is 16.5. The van der Waals surface area contributed by atoms with Crippen LogP contribution in [0.25, 0.3) is 0 Å². The topological polar surface area (TPSA) is 46.5 Å². The number of carboxylic acid groups (broad SMARTS) is 1. The zero-order valence-corrected chi connectivity index (χ0v) is 10.9. The SMILES string of the molecule is CCCCCOc1cccc(C)c1C.O=CO. The second-order valence-corrected chi connectivity index (χ2v) is 3.86. The van der Waals surface area contributed by atoms with Gasteiger partial charge in [0.25, 0.3) is 6.47 Å². The maximum absolute atomic E-state index is 8.36. The summed E-state index contributed by atoms with van der Waals surface area (Å²) in [6.07, 6.45) is 3.66. The summed E-state index contributed by atoms with van der Waals surface area (Å²) < 4.78 is 5.72. The molecule has 3 nitrogen and oxygen atoms in total. The minimum atomic E-state index is -0.250. The van der Waals surface area contributed by atoms with Crippen molar-refractivity contribution < 1.29 is 14.6 Å². The van der Waals surface area contributed by atoms with Crippen LogP contribution in [0.5, 0.6) is 5.75 Å². The predicted octanol–water partition coefficient (Wildman–Crippen LogP) is 3.57. The molecule has 96 valence electrons. The normalized spacial score (nSPS) is 9.12. The van der Waals surface area contributed by atoms with E-state index in [1.807, 2.05) is 6.07 Å². The highest BCUT2D eigenvalue weighted by molar-refractivity contribution is 5.38. The molecule has 0 bridgehead atoms. The first kappa shape index (κ1) is 15.5. The molecule has 0 spiro atoms. The predicted molar refractivity (Wildman–Crippen MR) is 69.6 cm³/mol. The van der Waals surface area contributed by atoms with Gasteiger partial charge in [-0.2, -0.15) is 0 Å². The molecule has 1 N–H and O–H groups in total. The highest BCUT2D eigenvalue weighted by Crippen LogP contribution is 2.20. The molecule has 0 atom stereocenters. The summed E-state index contributed by atoms with van der Waals surface area (Å²) in [5.74, 6) is 1.04. The lowest BCUT2D eigenvalue weighted by Gasteiger charge is -2.10. The van der Waals surface area contributed by atoms with E-state index in [2.05, 4.69) is 32.9 Å². The van der Waals surface area contributed by atoms with Crippen LogP contribution in [0.2, 0.25) is 0 Å². The molecule has 0 heterocycles. The highest BCUT2D eigenvalue weighted by Gasteiger charge is 2.00. The minimum absolute atomic E-state index is 0.250. The summed E-state index contributed by atoms with van der Waals surface area (Å²) in [6, 6.07) is 6.22. The van der Waals surface area contributed by atoms with Gasteiger partial charge in [0.2, 0.25) is 0 Å². The Balaban J connectivity index is 0.000000770. The Bertz CT molecular complexity index is 321. The number of ether oxygens (including phenoxy) is 1. The number of hydrogen-bond acceptors (Lipinski definition) is 2. The third-order valence-electron chi connectivity index (χ3n) is 2.56. The third-order valence-corrected chi connectivity index (χ3v) is 2.56. The first-order chi connectivity index (χ1) is 8.17. The molecule has 1 aromatic carbocycles. The quantitative estimate of drug-likeness (QED) is 0.630. The third kappa shape index (κ3) is 6.61. The Morgan fingerprint density at radius 1 is 1.29 bits per heavy atom. The van der Waals surface area contributed by atoms with E-state index in [0.29, 0.717) is 0 Å². The Morgan fingerprint density at radius 3 is 2.53 bits per heavy atom. The van der Waals surface area contributed by atoms with Crippen LogP contribution >= 0.6 is 0 Å². The monoisotopic (exact) mass is 238 g/mol. The van der Waals surface area contributed by atoms with E-state index in [4.69, 9.17) is 14.6 Å². The lowest BCUT2D eigenvalue weighted by Crippen LogP contribution is -1.99. The molecule has 0 saturated heterocycles. The van der Waals surface area contributed by atoms with Gasteiger partial charge in [0.15, 0.2) is 0 Å². The van der Waals surface area contributed by atoms with Crippen molar-refractivity contribution in [1.82, 2.24) is 0 Å². The van der Waals surface area contributed by atoms with Crippen LogP contribution in [0.3, 0.4) is 0 Å². The number of aryl methyl sites for hydroxylation is 1. The Kier molecular flexibility index (Phi) is 8.84. The van der Waals surface area contributed by atoms with Gasteiger partial charge >= 0.3 is 0 Å². The maximum atomic E-state index is 8.36. The molecule has 0 aliphatic rings. The lowest BCUT2D eigenvalue weighted by atomic mass is 10.1. The number of rotatable bonds is 5. The van der Waals surface area contributed by atoms with Crippen molar-refractivity contribution in [1.29, 1.82) is 0 Å². The molecule has 0 radical (unpaired) electrons. The molecular weight excluding hydrogens is 216 g/mol. The maximum Gasteiger partial charge on any atom is 0.290 e. The van der Waals surface area contributed by atoms with Crippen molar-refractivity contribution >= 4 is 6.47 Å². The second kappa shape index (κ2) is 9.70. The largest absolute Gasteiger partial charge is 0.493 e. The van der Waals surface area contributed by atoms with Gasteiger partial charge in [-0.15, -0.1) is 0 Å². The van der Waals surface area contributed by atoms with Gasteiger partial charge in [0.05, 0.1) is 6.61 Å². The first-order valence-electron chi connectivity index (χ1n) is 5.94. The molecule has 1 aromatic rings. The summed E-state index contributed by atoms with van der Waals surface area (Å²) in [5.41, 5.74) is 2.57. The van der Waals surface area contributed by atoms with Crippen LogP contribution in [0.15, 0.2) is 18.2 Å². The summed E-state index contributed by atoms with van der Waals surface area (Å²) in [7, 11) is 0. The summed E-state index contributed by atoms with van der Waals surface area (Å²) in [5, 5.41) is 6.89. The van der Waals surface area contributed by atoms with E-state index >= 15 is 0 Å². The molecule has 0 amide bonds. The second-order valence-electron chi connectivity index (χ2n) is 3.86. The molecule has 0 saturated carbocycles. The molecule has 17 heavy (non-hydrogen) atoms. The van der Waals surface area contributed by atoms with Crippen LogP contribution in [-0.2, 0) is 4.79 Å². The van der Waals surface area contributed by atoms with E-state index in [9.17, 15) is 0 Å². The summed E-state index contributed by atoms with van der Waals surface area (Å²) >= 11 is 0. The zero-order valence-electron chi connectivity index (χ0n) is 10.9. The molecule has 0 aromatic heterocycles. The Morgan fingerprint density at radius 2 is 1.94 bits per heavy atom. The van der Waals surface area contributed by atoms with Crippen molar-refractivity contribution in [3.63, 3.8) is 0 Å². The van der Waals surface area contributed by atoms with Crippen LogP contribution in [0.4, 0.5) is 0 Å². The van der Waals surface area contributed by atoms with Crippen LogP contribution in [0, 0.1) is 13.8 Å². The lowest BCUT2D eigenvalue weighted by molar-refractivity contribution is -0.122. The van der Waals surface area contributed by atoms with E-state index < -0.39 is 0 Å². The molecule has 0 unspecified atom stereocenters. The van der Waals surface area contributed by atoms with Crippen molar-refractivity contribution in [3.05, 3.63) is 29.3 Å². The molecule has 0 fully saturated rings. The fraction of sp³-hybridized carbons (Fsp3) is 0.500. The number of hydrogen-bond donors (Lipinski definition) is 1. The number of carbonyl (C=O) groups is 1. The van der Waals surface area contributed by atoms with Gasteiger partial charge in [-0.25, -0.2) is 0 Å². The van der Waals surface area contributed by atoms with Crippen molar-refractivity contribution in [3.8, 4) is 5.75 Å². The van der Waals surface area contributed by atoms with Crippen molar-refractivity contribution in [2.75, 3.05) is 6.61 Å². The van der Waals surface area contributed by atoms with E-state index in [1.165, 1.54) is 24.0 Å². The molecule has 0 aliphatic heterocycles. The van der Waals surface area contributed by atoms with Crippen molar-refractivity contribution in [2.24, 2.45) is 0 Å². The van der Waals surface area contributed by atoms with Gasteiger partial charge in [-0.05, 0) is 37.5 Å². The van der Waals surface area contributed by atoms with Gasteiger partial charge in [-0.3, -0.25) is 4.79 Å². The van der Waals surface area contributed by atoms with Crippen LogP contribution in [0.1, 0.15) is 37.3 Å². The molecular formula is C14H22O3. The summed E-state index contributed by atoms with van der Waals surface area (Å²) in [6.45, 7) is 7.04. The van der Waals surface area contributed by atoms with E-state index in [1.54, 1.807) is 0 Å². The van der Waals surface area contributed by atoms with E-state index in [-0.39, 0.29) is 6.47 Å². The summed E-state index contributed by atoms with van der Waals surface area (Å²) in [4.78, 5) is 8.36. The smallest absolute Gasteiger partial charge is 0.290 e. The van der Waals surface area contributed by atoms with Crippen molar-refractivity contribution in [2.45, 2.75) is 40.0 Å². The standard InChI is InChI=1S/C13H20O.CH2O2/c1-4-5-6-10-14-13-9-7-8-11(2)12(13)3;2-1-3/h7-9H,4-6,10H2,1-3H3;1H,(H,2,3). The van der Waals surface area contributed by atoms with E-state index in [0.717, 1.165) is 18.8 Å². The van der Waals surface area contributed by atoms with Gasteiger partial charge in [0.1, 0.15) is 5.75 Å². The number of unbranched alkanes of at least 4 members (excludes halogenated alkanes) is 2. The van der Waals surface area contributed by atoms with Gasteiger partial charge < -0.3 is 9.84 Å².